The van der Waals surface area contributed by atoms with Crippen LogP contribution >= 0.6 is 0 Å². The zero-order valence-corrected chi connectivity index (χ0v) is 4.41. The molecule has 1 heterocycles. The second-order valence-electron chi connectivity index (χ2n) is 1.35. The summed E-state index contributed by atoms with van der Waals surface area (Å²) in [5, 5.41) is 0. The van der Waals surface area contributed by atoms with Crippen molar-refractivity contribution in [3.05, 3.63) is 11.9 Å². The first-order chi connectivity index (χ1) is 3.93. The van der Waals surface area contributed by atoms with Crippen molar-refractivity contribution in [1.82, 2.24) is 0 Å². The summed E-state index contributed by atoms with van der Waals surface area (Å²) in [7, 11) is 0. The minimum Gasteiger partial charge on any atom is -0.327 e. The predicted octanol–water partition coefficient (Wildman–Crippen LogP) is -0.0583. The second kappa shape index (κ2) is 2.37. The summed E-state index contributed by atoms with van der Waals surface area (Å²) in [5.74, 6) is 0.715. The highest BCUT2D eigenvalue weighted by Gasteiger charge is 1.89. The van der Waals surface area contributed by atoms with Crippen molar-refractivity contribution in [3.63, 3.8) is 0 Å². The van der Waals surface area contributed by atoms with E-state index in [1.54, 1.807) is 18.5 Å². The molecule has 0 spiro atoms. The topological polar surface area (TPSA) is 50.7 Å². The molecule has 0 radical (unpaired) electrons. The van der Waals surface area contributed by atoms with Crippen LogP contribution in [-0.4, -0.2) is 19.0 Å². The Morgan fingerprint density at radius 1 is 1.50 bits per heavy atom. The monoisotopic (exact) mass is 109 g/mol. The zero-order chi connectivity index (χ0) is 5.82. The number of hydrogen-bond acceptors (Lipinski definition) is 3. The van der Waals surface area contributed by atoms with Gasteiger partial charge < -0.3 is 5.73 Å². The molecule has 2 N–H and O–H groups in total. The van der Waals surface area contributed by atoms with Gasteiger partial charge in [-0.3, -0.25) is 0 Å². The number of nitrogens with two attached hydrogens (primary N) is 1. The minimum absolute atomic E-state index is 0.504. The Labute approximate surface area is 47.6 Å². The Hall–Kier alpha value is -0.960. The van der Waals surface area contributed by atoms with Crippen molar-refractivity contribution < 1.29 is 0 Å². The summed E-state index contributed by atoms with van der Waals surface area (Å²) < 4.78 is 0. The van der Waals surface area contributed by atoms with Gasteiger partial charge in [-0.15, -0.1) is 0 Å². The van der Waals surface area contributed by atoms with Crippen LogP contribution < -0.4 is 5.73 Å². The average molecular weight is 109 g/mol. The molecule has 1 aliphatic rings. The molecule has 0 fully saturated rings. The third-order valence-corrected chi connectivity index (χ3v) is 0.781. The Morgan fingerprint density at radius 3 is 2.62 bits per heavy atom. The summed E-state index contributed by atoms with van der Waals surface area (Å²) in [4.78, 5) is 7.72. The fraction of sp³-hybridized carbons (Fsp3) is 0.200. The molecule has 1 rings (SSSR count). The Kier molecular flexibility index (Phi) is 1.54. The van der Waals surface area contributed by atoms with Crippen LogP contribution in [0.15, 0.2) is 21.9 Å². The second-order valence-corrected chi connectivity index (χ2v) is 1.35. The maximum atomic E-state index is 5.18. The van der Waals surface area contributed by atoms with Gasteiger partial charge in [0.2, 0.25) is 0 Å². The lowest BCUT2D eigenvalue weighted by Gasteiger charge is -1.81. The van der Waals surface area contributed by atoms with Gasteiger partial charge in [-0.2, -0.15) is 0 Å². The van der Waals surface area contributed by atoms with Gasteiger partial charge in [-0.1, -0.05) is 0 Å². The van der Waals surface area contributed by atoms with Crippen molar-refractivity contribution in [3.8, 4) is 0 Å². The summed E-state index contributed by atoms with van der Waals surface area (Å²) in [6, 6.07) is 0. The maximum absolute atomic E-state index is 5.18. The molecule has 8 heavy (non-hydrogen) atoms. The fourth-order valence-corrected chi connectivity index (χ4v) is 0.464. The van der Waals surface area contributed by atoms with Crippen LogP contribution in [0.25, 0.3) is 0 Å². The highest BCUT2D eigenvalue weighted by atomic mass is 15.0. The maximum Gasteiger partial charge on any atom is 0.149 e. The molecule has 0 unspecified atom stereocenters. The number of hydrogen-bond donors (Lipinski definition) is 1. The lowest BCUT2D eigenvalue weighted by molar-refractivity contribution is 1.17. The molecule has 42 valence electrons. The molecule has 3 heteroatoms. The van der Waals surface area contributed by atoms with E-state index in [4.69, 9.17) is 5.73 Å². The third kappa shape index (κ3) is 1.01. The van der Waals surface area contributed by atoms with Crippen LogP contribution in [0.5, 0.6) is 0 Å². The third-order valence-electron chi connectivity index (χ3n) is 0.781. The summed E-state index contributed by atoms with van der Waals surface area (Å²) in [6.07, 6.45) is 5.04. The predicted molar refractivity (Wildman–Crippen MR) is 34.1 cm³/mol. The number of rotatable bonds is 1. The van der Waals surface area contributed by atoms with E-state index < -0.39 is 0 Å². The van der Waals surface area contributed by atoms with Crippen LogP contribution in [-0.2, 0) is 0 Å². The standard InChI is InChI=1S/C5H7N3/c6-2-1-5-7-3-4-8-5/h1,3-4H,2,6H2. The van der Waals surface area contributed by atoms with E-state index in [9.17, 15) is 0 Å². The number of aliphatic imine (C=N–C) groups is 2. The average Bonchev–Trinajstić information content (AvgIpc) is 2.19. The van der Waals surface area contributed by atoms with Crippen molar-refractivity contribution in [1.29, 1.82) is 0 Å². The molecule has 0 saturated heterocycles. The van der Waals surface area contributed by atoms with Gasteiger partial charge in [-0.05, 0) is 6.08 Å². The molecule has 0 aromatic heterocycles. The molecule has 0 aromatic carbocycles. The van der Waals surface area contributed by atoms with Crippen LogP contribution in [0.2, 0.25) is 0 Å². The minimum atomic E-state index is 0.504. The molecule has 0 aliphatic carbocycles. The Morgan fingerprint density at radius 2 is 2.12 bits per heavy atom. The lowest BCUT2D eigenvalue weighted by atomic mass is 10.6. The van der Waals surface area contributed by atoms with Gasteiger partial charge in [0.15, 0.2) is 0 Å². The molecule has 0 atom stereocenters. The molecule has 1 aliphatic heterocycles. The van der Waals surface area contributed by atoms with Gasteiger partial charge in [-0.25, -0.2) is 9.98 Å². The van der Waals surface area contributed by atoms with Crippen molar-refractivity contribution in [2.75, 3.05) is 6.54 Å². The van der Waals surface area contributed by atoms with E-state index in [0.29, 0.717) is 12.4 Å². The summed E-state index contributed by atoms with van der Waals surface area (Å²) >= 11 is 0. The first-order valence-electron chi connectivity index (χ1n) is 2.40. The Balaban J connectivity index is 2.60. The van der Waals surface area contributed by atoms with E-state index in [0.717, 1.165) is 0 Å². The highest BCUT2D eigenvalue weighted by molar-refractivity contribution is 6.18. The van der Waals surface area contributed by atoms with Crippen LogP contribution in [0.3, 0.4) is 0 Å². The highest BCUT2D eigenvalue weighted by Crippen LogP contribution is 1.98. The lowest BCUT2D eigenvalue weighted by Crippen LogP contribution is -1.93. The normalized spacial score (nSPS) is 15.4. The zero-order valence-electron chi connectivity index (χ0n) is 4.41. The smallest absolute Gasteiger partial charge is 0.149 e. The van der Waals surface area contributed by atoms with E-state index in [1.807, 2.05) is 0 Å². The molecule has 0 saturated carbocycles. The molecule has 0 amide bonds. The number of nitrogens with zero attached hydrogens (tertiary/aromatic N) is 2. The van der Waals surface area contributed by atoms with Crippen molar-refractivity contribution in [2.45, 2.75) is 0 Å². The van der Waals surface area contributed by atoms with Gasteiger partial charge in [0.25, 0.3) is 0 Å². The summed E-state index contributed by atoms with van der Waals surface area (Å²) in [5.41, 5.74) is 5.18. The molecule has 0 bridgehead atoms. The van der Waals surface area contributed by atoms with Gasteiger partial charge in [0.05, 0.1) is 0 Å². The SMILES string of the molecule is NCC=C1N=CC=N1. The van der Waals surface area contributed by atoms with Crippen molar-refractivity contribution in [2.24, 2.45) is 15.7 Å². The Bertz CT molecular complexity index is 141. The molecular formula is C5H7N3. The van der Waals surface area contributed by atoms with E-state index >= 15 is 0 Å². The molecule has 3 nitrogen and oxygen atoms in total. The van der Waals surface area contributed by atoms with Crippen LogP contribution in [0.4, 0.5) is 0 Å². The largest absolute Gasteiger partial charge is 0.327 e. The quantitative estimate of drug-likeness (QED) is 0.504. The first kappa shape index (κ1) is 5.18. The van der Waals surface area contributed by atoms with Gasteiger partial charge in [0.1, 0.15) is 5.82 Å². The van der Waals surface area contributed by atoms with Crippen molar-refractivity contribution >= 4 is 12.4 Å². The van der Waals surface area contributed by atoms with Crippen LogP contribution in [0.1, 0.15) is 0 Å². The van der Waals surface area contributed by atoms with E-state index in [-0.39, 0.29) is 0 Å². The van der Waals surface area contributed by atoms with E-state index in [1.165, 1.54) is 0 Å². The van der Waals surface area contributed by atoms with Gasteiger partial charge in [0, 0.05) is 19.0 Å². The fourth-order valence-electron chi connectivity index (χ4n) is 0.464. The van der Waals surface area contributed by atoms with E-state index in [2.05, 4.69) is 9.98 Å². The molecular weight excluding hydrogens is 102 g/mol. The molecule has 0 aromatic rings. The summed E-state index contributed by atoms with van der Waals surface area (Å²) in [6.45, 7) is 0.504. The first-order valence-corrected chi connectivity index (χ1v) is 2.40. The van der Waals surface area contributed by atoms with Crippen LogP contribution in [0, 0.1) is 0 Å². The van der Waals surface area contributed by atoms with Gasteiger partial charge >= 0.3 is 0 Å².